The van der Waals surface area contributed by atoms with Gasteiger partial charge in [0.2, 0.25) is 0 Å². The van der Waals surface area contributed by atoms with Crippen molar-refractivity contribution in [1.82, 2.24) is 4.90 Å². The predicted octanol–water partition coefficient (Wildman–Crippen LogP) is 3.21. The summed E-state index contributed by atoms with van der Waals surface area (Å²) in [6.45, 7) is 5.16. The molecule has 1 saturated heterocycles. The zero-order chi connectivity index (χ0) is 18.8. The number of nitrogens with zero attached hydrogens (tertiary/aromatic N) is 1. The summed E-state index contributed by atoms with van der Waals surface area (Å²) in [5, 5.41) is 0. The highest BCUT2D eigenvalue weighted by Gasteiger charge is 2.18. The molecule has 0 saturated carbocycles. The van der Waals surface area contributed by atoms with Crippen molar-refractivity contribution in [2.24, 2.45) is 0 Å². The molecular formula is C20H27NO5. The van der Waals surface area contributed by atoms with Crippen molar-refractivity contribution < 1.29 is 23.8 Å². The van der Waals surface area contributed by atoms with E-state index in [1.165, 1.54) is 13.5 Å². The summed E-state index contributed by atoms with van der Waals surface area (Å²) in [7, 11) is 1.50. The van der Waals surface area contributed by atoms with Gasteiger partial charge in [0.1, 0.15) is 6.61 Å². The van der Waals surface area contributed by atoms with Crippen LogP contribution in [0.15, 0.2) is 30.9 Å². The molecule has 2 rings (SSSR count). The largest absolute Gasteiger partial charge is 0.493 e. The minimum Gasteiger partial charge on any atom is -0.493 e. The summed E-state index contributed by atoms with van der Waals surface area (Å²) < 4.78 is 15.9. The molecule has 6 nitrogen and oxygen atoms in total. The number of hydrogen-bond acceptors (Lipinski definition) is 5. The molecule has 0 atom stereocenters. The molecule has 1 amide bonds. The number of amides is 1. The normalized spacial score (nSPS) is 14.7. The minimum absolute atomic E-state index is 0.141. The fourth-order valence-electron chi connectivity index (χ4n) is 2.86. The Labute approximate surface area is 154 Å². The van der Waals surface area contributed by atoms with Crippen LogP contribution in [-0.4, -0.2) is 50.2 Å². The van der Waals surface area contributed by atoms with Crippen LogP contribution in [0.2, 0.25) is 0 Å². The van der Waals surface area contributed by atoms with Crippen molar-refractivity contribution in [2.45, 2.75) is 32.1 Å². The molecule has 6 heteroatoms. The zero-order valence-electron chi connectivity index (χ0n) is 15.4. The fraction of sp³-hybridized carbons (Fsp3) is 0.500. The molecule has 0 aliphatic carbocycles. The Morgan fingerprint density at radius 2 is 1.81 bits per heavy atom. The molecule has 1 aliphatic rings. The summed E-state index contributed by atoms with van der Waals surface area (Å²) in [5.41, 5.74) is 0.313. The number of benzene rings is 1. The third-order valence-electron chi connectivity index (χ3n) is 4.29. The molecule has 0 unspecified atom stereocenters. The molecule has 0 aromatic heterocycles. The molecule has 0 radical (unpaired) electrons. The van der Waals surface area contributed by atoms with E-state index in [4.69, 9.17) is 14.2 Å². The second-order valence-electron chi connectivity index (χ2n) is 6.19. The minimum atomic E-state index is -0.557. The smallest absolute Gasteiger partial charge is 0.338 e. The van der Waals surface area contributed by atoms with Gasteiger partial charge in [-0.1, -0.05) is 31.9 Å². The highest BCUT2D eigenvalue weighted by Crippen LogP contribution is 2.28. The summed E-state index contributed by atoms with van der Waals surface area (Å²) in [6.07, 6.45) is 7.14. The van der Waals surface area contributed by atoms with Crippen LogP contribution >= 0.6 is 0 Å². The van der Waals surface area contributed by atoms with Gasteiger partial charge in [0, 0.05) is 13.1 Å². The first kappa shape index (κ1) is 19.8. The number of rotatable bonds is 7. The topological polar surface area (TPSA) is 65.1 Å². The Balaban J connectivity index is 1.92. The lowest BCUT2D eigenvalue weighted by atomic mass is 10.1. The van der Waals surface area contributed by atoms with Crippen LogP contribution in [0.3, 0.4) is 0 Å². The van der Waals surface area contributed by atoms with Crippen molar-refractivity contribution in [1.29, 1.82) is 0 Å². The van der Waals surface area contributed by atoms with Gasteiger partial charge < -0.3 is 19.1 Å². The molecule has 0 N–H and O–H groups in total. The number of hydrogen-bond donors (Lipinski definition) is 0. The number of likely N-dealkylation sites (tertiary alicyclic amines) is 1. The fourth-order valence-corrected chi connectivity index (χ4v) is 2.86. The monoisotopic (exact) mass is 361 g/mol. The van der Waals surface area contributed by atoms with Gasteiger partial charge in [-0.15, -0.1) is 0 Å². The van der Waals surface area contributed by atoms with Crippen molar-refractivity contribution >= 4 is 11.9 Å². The van der Waals surface area contributed by atoms with Gasteiger partial charge in [0.05, 0.1) is 12.7 Å². The van der Waals surface area contributed by atoms with E-state index in [0.29, 0.717) is 23.7 Å². The Bertz CT molecular complexity index is 621. The van der Waals surface area contributed by atoms with Crippen LogP contribution in [0.5, 0.6) is 11.5 Å². The first-order valence-electron chi connectivity index (χ1n) is 9.02. The number of esters is 1. The number of ether oxygens (including phenoxy) is 3. The van der Waals surface area contributed by atoms with E-state index in [2.05, 4.69) is 6.58 Å². The molecule has 1 heterocycles. The van der Waals surface area contributed by atoms with Gasteiger partial charge in [0.15, 0.2) is 18.1 Å². The lowest BCUT2D eigenvalue weighted by Gasteiger charge is -2.24. The third kappa shape index (κ3) is 5.79. The molecule has 26 heavy (non-hydrogen) atoms. The van der Waals surface area contributed by atoms with Crippen LogP contribution in [0.4, 0.5) is 0 Å². The number of carbonyl (C=O) groups is 2. The van der Waals surface area contributed by atoms with Crippen molar-refractivity contribution in [3.63, 3.8) is 0 Å². The zero-order valence-corrected chi connectivity index (χ0v) is 15.4. The molecule has 1 fully saturated rings. The quantitative estimate of drug-likeness (QED) is 0.551. The van der Waals surface area contributed by atoms with E-state index in [1.54, 1.807) is 29.2 Å². The van der Waals surface area contributed by atoms with E-state index >= 15 is 0 Å². The predicted molar refractivity (Wildman–Crippen MR) is 98.6 cm³/mol. The van der Waals surface area contributed by atoms with Crippen molar-refractivity contribution in [2.75, 3.05) is 33.4 Å². The highest BCUT2D eigenvalue weighted by atomic mass is 16.5. The summed E-state index contributed by atoms with van der Waals surface area (Å²) in [4.78, 5) is 26.3. The first-order chi connectivity index (χ1) is 12.7. The average molecular weight is 361 g/mol. The molecule has 1 aromatic carbocycles. The van der Waals surface area contributed by atoms with Crippen LogP contribution < -0.4 is 9.47 Å². The Hall–Kier alpha value is -2.50. The molecule has 1 aromatic rings. The number of carbonyl (C=O) groups excluding carboxylic acids is 2. The average Bonchev–Trinajstić information content (AvgIpc) is 2.63. The van der Waals surface area contributed by atoms with E-state index in [-0.39, 0.29) is 12.5 Å². The Morgan fingerprint density at radius 1 is 1.12 bits per heavy atom. The molecule has 142 valence electrons. The summed E-state index contributed by atoms with van der Waals surface area (Å²) >= 11 is 0. The van der Waals surface area contributed by atoms with Crippen LogP contribution in [0, 0.1) is 0 Å². The van der Waals surface area contributed by atoms with Gasteiger partial charge in [-0.25, -0.2) is 4.79 Å². The SMILES string of the molecule is C=CCOc1ccc(C(=O)OCC(=O)N2CCCCCCC2)cc1OC. The number of methoxy groups -OCH3 is 1. The van der Waals surface area contributed by atoms with Crippen LogP contribution in [-0.2, 0) is 9.53 Å². The third-order valence-corrected chi connectivity index (χ3v) is 4.29. The molecule has 1 aliphatic heterocycles. The maximum atomic E-state index is 12.3. The maximum Gasteiger partial charge on any atom is 0.338 e. The van der Waals surface area contributed by atoms with Crippen LogP contribution in [0.1, 0.15) is 42.5 Å². The van der Waals surface area contributed by atoms with E-state index < -0.39 is 5.97 Å². The maximum absolute atomic E-state index is 12.3. The Kier molecular flexibility index (Phi) is 7.99. The van der Waals surface area contributed by atoms with Gasteiger partial charge in [0.25, 0.3) is 5.91 Å². The van der Waals surface area contributed by atoms with E-state index in [9.17, 15) is 9.59 Å². The van der Waals surface area contributed by atoms with E-state index in [0.717, 1.165) is 38.8 Å². The lowest BCUT2D eigenvalue weighted by molar-refractivity contribution is -0.134. The van der Waals surface area contributed by atoms with Gasteiger partial charge in [-0.3, -0.25) is 4.79 Å². The second-order valence-corrected chi connectivity index (χ2v) is 6.19. The van der Waals surface area contributed by atoms with Gasteiger partial charge in [-0.2, -0.15) is 0 Å². The van der Waals surface area contributed by atoms with E-state index in [1.807, 2.05) is 0 Å². The standard InChI is InChI=1S/C20H27NO5/c1-3-13-25-17-10-9-16(14-18(17)24-2)20(23)26-15-19(22)21-11-7-5-4-6-8-12-21/h3,9-10,14H,1,4-8,11-13,15H2,2H3. The first-order valence-corrected chi connectivity index (χ1v) is 9.02. The van der Waals surface area contributed by atoms with Crippen LogP contribution in [0.25, 0.3) is 0 Å². The highest BCUT2D eigenvalue weighted by molar-refractivity contribution is 5.92. The molecule has 0 spiro atoms. The summed E-state index contributed by atoms with van der Waals surface area (Å²) in [5.74, 6) is 0.245. The molecular weight excluding hydrogens is 334 g/mol. The lowest BCUT2D eigenvalue weighted by Crippen LogP contribution is -2.36. The van der Waals surface area contributed by atoms with Crippen molar-refractivity contribution in [3.05, 3.63) is 36.4 Å². The van der Waals surface area contributed by atoms with Gasteiger partial charge in [-0.05, 0) is 31.0 Å². The molecule has 0 bridgehead atoms. The Morgan fingerprint density at radius 3 is 2.46 bits per heavy atom. The van der Waals surface area contributed by atoms with Gasteiger partial charge >= 0.3 is 5.97 Å². The summed E-state index contributed by atoms with van der Waals surface area (Å²) in [6, 6.07) is 4.77. The second kappa shape index (κ2) is 10.5. The van der Waals surface area contributed by atoms with Crippen molar-refractivity contribution in [3.8, 4) is 11.5 Å².